The molecule has 2 heterocycles. The van der Waals surface area contributed by atoms with E-state index in [1.165, 1.54) is 6.26 Å². The molecule has 1 unspecified atom stereocenters. The van der Waals surface area contributed by atoms with Crippen molar-refractivity contribution in [2.75, 3.05) is 18.1 Å². The largest absolute Gasteiger partial charge is 0.444 e. The van der Waals surface area contributed by atoms with E-state index in [1.54, 1.807) is 29.2 Å². The summed E-state index contributed by atoms with van der Waals surface area (Å²) in [6, 6.07) is 6.86. The smallest absolute Gasteiger partial charge is 0.228 e. The summed E-state index contributed by atoms with van der Waals surface area (Å²) in [5, 5.41) is 0.624. The molecule has 0 aliphatic carbocycles. The molecule has 0 saturated carbocycles. The van der Waals surface area contributed by atoms with E-state index in [4.69, 9.17) is 16.0 Å². The third kappa shape index (κ3) is 5.11. The molecule has 2 aromatic rings. The van der Waals surface area contributed by atoms with Crippen molar-refractivity contribution in [3.05, 3.63) is 41.2 Å². The molecule has 1 aromatic carbocycles. The molecule has 1 aliphatic heterocycles. The van der Waals surface area contributed by atoms with Crippen LogP contribution in [-0.2, 0) is 21.1 Å². The van der Waals surface area contributed by atoms with Crippen LogP contribution in [0.15, 0.2) is 34.9 Å². The van der Waals surface area contributed by atoms with Crippen molar-refractivity contribution in [3.63, 3.8) is 0 Å². The quantitative estimate of drug-likeness (QED) is 0.699. The predicted molar refractivity (Wildman–Crippen MR) is 104 cm³/mol. The molecule has 1 aromatic heterocycles. The van der Waals surface area contributed by atoms with Gasteiger partial charge in [-0.05, 0) is 37.1 Å². The fraction of sp³-hybridized carbons (Fsp3) is 0.474. The van der Waals surface area contributed by atoms with Crippen molar-refractivity contribution in [3.8, 4) is 11.5 Å². The van der Waals surface area contributed by atoms with Crippen LogP contribution in [0.1, 0.15) is 31.9 Å². The Morgan fingerprint density at radius 1 is 1.33 bits per heavy atom. The van der Waals surface area contributed by atoms with E-state index < -0.39 is 9.84 Å². The maximum absolute atomic E-state index is 12.8. The molecule has 0 N–H and O–H groups in total. The normalized spacial score (nSPS) is 18.5. The number of halogens is 1. The van der Waals surface area contributed by atoms with Crippen molar-refractivity contribution in [2.24, 2.45) is 0 Å². The Kier molecular flexibility index (Phi) is 6.22. The minimum Gasteiger partial charge on any atom is -0.444 e. The van der Waals surface area contributed by atoms with Crippen molar-refractivity contribution in [2.45, 2.75) is 38.6 Å². The van der Waals surface area contributed by atoms with E-state index in [9.17, 15) is 13.2 Å². The first-order valence-electron chi connectivity index (χ1n) is 9.08. The molecule has 0 spiro atoms. The highest BCUT2D eigenvalue weighted by Gasteiger charge is 2.34. The monoisotopic (exact) mass is 410 g/mol. The molecule has 1 amide bonds. The van der Waals surface area contributed by atoms with Gasteiger partial charge in [-0.15, -0.1) is 0 Å². The Balaban J connectivity index is 1.71. The number of hydrogen-bond donors (Lipinski definition) is 0. The first-order chi connectivity index (χ1) is 12.9. The molecule has 1 atom stereocenters. The van der Waals surface area contributed by atoms with Crippen LogP contribution in [0.25, 0.3) is 11.5 Å². The van der Waals surface area contributed by atoms with E-state index in [0.717, 1.165) is 18.4 Å². The van der Waals surface area contributed by atoms with Crippen LogP contribution in [0, 0.1) is 0 Å². The molecule has 3 rings (SSSR count). The van der Waals surface area contributed by atoms with Gasteiger partial charge in [0, 0.05) is 23.2 Å². The summed E-state index contributed by atoms with van der Waals surface area (Å²) in [6.45, 7) is 2.61. The average molecular weight is 411 g/mol. The zero-order valence-electron chi connectivity index (χ0n) is 15.2. The first kappa shape index (κ1) is 19.9. The van der Waals surface area contributed by atoms with Crippen LogP contribution in [0.2, 0.25) is 5.02 Å². The van der Waals surface area contributed by atoms with Crippen molar-refractivity contribution in [1.82, 2.24) is 9.88 Å². The van der Waals surface area contributed by atoms with Crippen LogP contribution in [0.4, 0.5) is 0 Å². The third-order valence-corrected chi connectivity index (χ3v) is 6.70. The van der Waals surface area contributed by atoms with Crippen molar-refractivity contribution < 1.29 is 17.6 Å². The van der Waals surface area contributed by atoms with Crippen LogP contribution in [0.5, 0.6) is 0 Å². The standard InChI is InChI=1S/C19H23ClN2O4S/c1-2-3-9-22(17-8-10-27(24,25)13-17)18(23)11-16-12-26-19(21-16)14-4-6-15(20)7-5-14/h4-7,12,17H,2-3,8-11,13H2,1H3. The maximum Gasteiger partial charge on any atom is 0.228 e. The Hall–Kier alpha value is -1.86. The van der Waals surface area contributed by atoms with E-state index in [2.05, 4.69) is 4.98 Å². The first-order valence-corrected chi connectivity index (χ1v) is 11.3. The van der Waals surface area contributed by atoms with Gasteiger partial charge in [-0.3, -0.25) is 4.79 Å². The van der Waals surface area contributed by atoms with Crippen LogP contribution in [-0.4, -0.2) is 48.3 Å². The van der Waals surface area contributed by atoms with E-state index in [-0.39, 0.29) is 29.9 Å². The van der Waals surface area contributed by atoms with Gasteiger partial charge in [0.05, 0.1) is 23.6 Å². The summed E-state index contributed by atoms with van der Waals surface area (Å²) < 4.78 is 29.1. The van der Waals surface area contributed by atoms with E-state index >= 15 is 0 Å². The highest BCUT2D eigenvalue weighted by molar-refractivity contribution is 7.91. The van der Waals surface area contributed by atoms with Gasteiger partial charge >= 0.3 is 0 Å². The number of rotatable bonds is 7. The highest BCUT2D eigenvalue weighted by Crippen LogP contribution is 2.23. The van der Waals surface area contributed by atoms with E-state index in [0.29, 0.717) is 29.6 Å². The summed E-state index contributed by atoms with van der Waals surface area (Å²) in [7, 11) is -3.05. The number of hydrogen-bond acceptors (Lipinski definition) is 5. The number of oxazole rings is 1. The summed E-state index contributed by atoms with van der Waals surface area (Å²) in [4.78, 5) is 18.9. The molecule has 27 heavy (non-hydrogen) atoms. The molecule has 0 bridgehead atoms. The van der Waals surface area contributed by atoms with Gasteiger partial charge in [0.25, 0.3) is 0 Å². The molecular formula is C19H23ClN2O4S. The minimum atomic E-state index is -3.05. The molecule has 8 heteroatoms. The fourth-order valence-corrected chi connectivity index (χ4v) is 5.09. The highest BCUT2D eigenvalue weighted by atomic mass is 35.5. The van der Waals surface area contributed by atoms with Gasteiger partial charge in [0.15, 0.2) is 9.84 Å². The number of carbonyl (C=O) groups excluding carboxylic acids is 1. The van der Waals surface area contributed by atoms with Crippen LogP contribution in [0.3, 0.4) is 0 Å². The molecule has 6 nitrogen and oxygen atoms in total. The lowest BCUT2D eigenvalue weighted by Gasteiger charge is -2.28. The summed E-state index contributed by atoms with van der Waals surface area (Å²) in [5.74, 6) is 0.523. The second kappa shape index (κ2) is 8.44. The van der Waals surface area contributed by atoms with Gasteiger partial charge in [-0.25, -0.2) is 13.4 Å². The summed E-state index contributed by atoms with van der Waals surface area (Å²) in [5.41, 5.74) is 1.31. The SMILES string of the molecule is CCCCN(C(=O)Cc1coc(-c2ccc(Cl)cc2)n1)C1CCS(=O)(=O)C1. The second-order valence-electron chi connectivity index (χ2n) is 6.83. The number of amides is 1. The Morgan fingerprint density at radius 3 is 2.70 bits per heavy atom. The second-order valence-corrected chi connectivity index (χ2v) is 9.49. The number of sulfone groups is 1. The molecule has 1 fully saturated rings. The maximum atomic E-state index is 12.8. The zero-order chi connectivity index (χ0) is 19.4. The number of nitrogens with zero attached hydrogens (tertiary/aromatic N) is 2. The third-order valence-electron chi connectivity index (χ3n) is 4.70. The lowest BCUT2D eigenvalue weighted by atomic mass is 10.1. The van der Waals surface area contributed by atoms with Gasteiger partial charge < -0.3 is 9.32 Å². The molecular weight excluding hydrogens is 388 g/mol. The molecule has 146 valence electrons. The lowest BCUT2D eigenvalue weighted by molar-refractivity contribution is -0.132. The minimum absolute atomic E-state index is 0.0529. The topological polar surface area (TPSA) is 80.5 Å². The average Bonchev–Trinajstić information content (AvgIpc) is 3.22. The lowest BCUT2D eigenvalue weighted by Crippen LogP contribution is -2.42. The molecule has 1 saturated heterocycles. The van der Waals surface area contributed by atoms with Gasteiger partial charge in [0.1, 0.15) is 6.26 Å². The number of benzene rings is 1. The summed E-state index contributed by atoms with van der Waals surface area (Å²) >= 11 is 5.89. The Morgan fingerprint density at radius 2 is 2.07 bits per heavy atom. The zero-order valence-corrected chi connectivity index (χ0v) is 16.8. The van der Waals surface area contributed by atoms with Crippen molar-refractivity contribution >= 4 is 27.3 Å². The molecule has 1 aliphatic rings. The van der Waals surface area contributed by atoms with Crippen molar-refractivity contribution in [1.29, 1.82) is 0 Å². The van der Waals surface area contributed by atoms with Crippen LogP contribution < -0.4 is 0 Å². The molecule has 0 radical (unpaired) electrons. The number of unbranched alkanes of at least 4 members (excludes halogenated alkanes) is 1. The van der Waals surface area contributed by atoms with Gasteiger partial charge in [-0.2, -0.15) is 0 Å². The number of carbonyl (C=O) groups is 1. The van der Waals surface area contributed by atoms with E-state index in [1.807, 2.05) is 6.92 Å². The Bertz CT molecular complexity index is 893. The van der Waals surface area contributed by atoms with Gasteiger partial charge in [-0.1, -0.05) is 24.9 Å². The number of aromatic nitrogens is 1. The van der Waals surface area contributed by atoms with Gasteiger partial charge in [0.2, 0.25) is 11.8 Å². The fourth-order valence-electron chi connectivity index (χ4n) is 3.23. The predicted octanol–water partition coefficient (Wildman–Crippen LogP) is 3.35. The summed E-state index contributed by atoms with van der Waals surface area (Å²) in [6.07, 6.45) is 3.86. The Labute approximate surface area is 164 Å². The van der Waals surface area contributed by atoms with Crippen LogP contribution >= 0.6 is 11.6 Å².